The summed E-state index contributed by atoms with van der Waals surface area (Å²) in [6, 6.07) is 28.5. The van der Waals surface area contributed by atoms with Gasteiger partial charge in [-0.3, -0.25) is 14.6 Å². The van der Waals surface area contributed by atoms with Gasteiger partial charge in [-0.15, -0.1) is 6.58 Å². The third-order valence-electron chi connectivity index (χ3n) is 8.93. The molecule has 4 amide bonds. The molecule has 242 valence electrons. The molecule has 0 radical (unpaired) electrons. The monoisotopic (exact) mass is 632 g/mol. The molecule has 47 heavy (non-hydrogen) atoms. The highest BCUT2D eigenvalue weighted by molar-refractivity contribution is 5.92. The van der Waals surface area contributed by atoms with Crippen molar-refractivity contribution >= 4 is 34.3 Å². The molecule has 4 aromatic carbocycles. The van der Waals surface area contributed by atoms with Gasteiger partial charge in [0.15, 0.2) is 0 Å². The normalized spacial score (nSPS) is 17.8. The fraction of sp³-hybridized carbons (Fsp3) is 0.270. The fourth-order valence-corrected chi connectivity index (χ4v) is 6.50. The van der Waals surface area contributed by atoms with Gasteiger partial charge in [-0.2, -0.15) is 5.01 Å². The molecule has 2 aliphatic rings. The standard InChI is InChI=1S/C37H40N6O4/c1-4-20-41(37(46)39-22-27-14-18-31(47-3)19-15-27)42-25-35(44)43-33(21-26-12-16-30(38-2)17-13-26)36(45)40(24-34(42)43)23-29-10-7-9-28-8-5-6-11-32(28)29/h4-19,33-34,38H,1,20-25H2,2-3H3,(H,39,46)/t33?,34-/m1/s1. The zero-order valence-electron chi connectivity index (χ0n) is 26.8. The second kappa shape index (κ2) is 14.0. The maximum atomic E-state index is 14.3. The highest BCUT2D eigenvalue weighted by Crippen LogP contribution is 2.31. The molecule has 2 atom stereocenters. The minimum Gasteiger partial charge on any atom is -0.497 e. The van der Waals surface area contributed by atoms with Gasteiger partial charge in [-0.1, -0.05) is 72.8 Å². The number of nitrogens with one attached hydrogen (secondary N) is 2. The summed E-state index contributed by atoms with van der Waals surface area (Å²) in [5, 5.41) is 11.6. The highest BCUT2D eigenvalue weighted by atomic mass is 16.5. The molecular formula is C37H40N6O4. The maximum Gasteiger partial charge on any atom is 0.332 e. The van der Waals surface area contributed by atoms with E-state index in [1.165, 1.54) is 5.01 Å². The number of amides is 4. The van der Waals surface area contributed by atoms with Crippen LogP contribution < -0.4 is 15.4 Å². The van der Waals surface area contributed by atoms with Crippen LogP contribution in [0.2, 0.25) is 0 Å². The number of anilines is 1. The molecule has 6 rings (SSSR count). The Morgan fingerprint density at radius 2 is 1.70 bits per heavy atom. The maximum absolute atomic E-state index is 14.3. The van der Waals surface area contributed by atoms with Gasteiger partial charge in [0.2, 0.25) is 11.8 Å². The van der Waals surface area contributed by atoms with Crippen molar-refractivity contribution in [2.24, 2.45) is 0 Å². The van der Waals surface area contributed by atoms with E-state index in [-0.39, 0.29) is 37.5 Å². The first-order valence-corrected chi connectivity index (χ1v) is 15.8. The molecule has 10 heteroatoms. The van der Waals surface area contributed by atoms with Crippen molar-refractivity contribution in [3.05, 3.63) is 120 Å². The summed E-state index contributed by atoms with van der Waals surface area (Å²) in [6.45, 7) is 4.98. The van der Waals surface area contributed by atoms with Crippen LogP contribution in [-0.4, -0.2) is 83.7 Å². The van der Waals surface area contributed by atoms with Crippen LogP contribution in [0.1, 0.15) is 16.7 Å². The van der Waals surface area contributed by atoms with Crippen molar-refractivity contribution in [2.45, 2.75) is 31.7 Å². The van der Waals surface area contributed by atoms with Crippen molar-refractivity contribution in [2.75, 3.05) is 39.1 Å². The number of carbonyl (C=O) groups is 3. The lowest BCUT2D eigenvalue weighted by Gasteiger charge is -2.46. The third kappa shape index (κ3) is 6.64. The van der Waals surface area contributed by atoms with Crippen LogP contribution in [0.4, 0.5) is 10.5 Å². The quantitative estimate of drug-likeness (QED) is 0.234. The van der Waals surface area contributed by atoms with E-state index in [0.717, 1.165) is 38.9 Å². The van der Waals surface area contributed by atoms with Gasteiger partial charge in [0.25, 0.3) is 0 Å². The first-order chi connectivity index (χ1) is 22.9. The van der Waals surface area contributed by atoms with Crippen molar-refractivity contribution in [1.82, 2.24) is 25.1 Å². The van der Waals surface area contributed by atoms with Crippen LogP contribution in [0.3, 0.4) is 0 Å². The van der Waals surface area contributed by atoms with Crippen molar-refractivity contribution in [1.29, 1.82) is 0 Å². The summed E-state index contributed by atoms with van der Waals surface area (Å²) in [5.41, 5.74) is 3.84. The molecular weight excluding hydrogens is 592 g/mol. The van der Waals surface area contributed by atoms with E-state index in [1.54, 1.807) is 23.1 Å². The Kier molecular flexibility index (Phi) is 9.40. The summed E-state index contributed by atoms with van der Waals surface area (Å²) in [7, 11) is 3.46. The van der Waals surface area contributed by atoms with Crippen LogP contribution in [-0.2, 0) is 29.1 Å². The smallest absolute Gasteiger partial charge is 0.332 e. The van der Waals surface area contributed by atoms with Crippen molar-refractivity contribution < 1.29 is 19.1 Å². The summed E-state index contributed by atoms with van der Waals surface area (Å²) >= 11 is 0. The summed E-state index contributed by atoms with van der Waals surface area (Å²) in [4.78, 5) is 45.3. The lowest BCUT2D eigenvalue weighted by molar-refractivity contribution is -0.157. The Balaban J connectivity index is 1.30. The van der Waals surface area contributed by atoms with Gasteiger partial charge in [0, 0.05) is 32.2 Å². The Labute approximate surface area is 275 Å². The summed E-state index contributed by atoms with van der Waals surface area (Å²) < 4.78 is 5.24. The number of hydrogen-bond acceptors (Lipinski definition) is 6. The second-order valence-corrected chi connectivity index (χ2v) is 11.8. The van der Waals surface area contributed by atoms with E-state index in [9.17, 15) is 14.4 Å². The van der Waals surface area contributed by atoms with E-state index >= 15 is 0 Å². The SMILES string of the molecule is C=CCN(C(=O)NCc1ccc(OC)cc1)N1CC(=O)N2C(Cc3ccc(NC)cc3)C(=O)N(Cc3cccc4ccccc34)C[C@@H]21. The van der Waals surface area contributed by atoms with Crippen LogP contribution in [0.15, 0.2) is 104 Å². The first-order valence-electron chi connectivity index (χ1n) is 15.8. The molecule has 10 nitrogen and oxygen atoms in total. The van der Waals surface area contributed by atoms with E-state index in [4.69, 9.17) is 4.74 Å². The predicted molar refractivity (Wildman–Crippen MR) is 182 cm³/mol. The number of methoxy groups -OCH3 is 1. The van der Waals surface area contributed by atoms with Crippen molar-refractivity contribution in [3.63, 3.8) is 0 Å². The molecule has 4 aromatic rings. The molecule has 0 aliphatic carbocycles. The van der Waals surface area contributed by atoms with Gasteiger partial charge in [-0.05, 0) is 51.7 Å². The van der Waals surface area contributed by atoms with Gasteiger partial charge in [-0.25, -0.2) is 4.79 Å². The lowest BCUT2D eigenvalue weighted by Crippen LogP contribution is -2.66. The molecule has 0 saturated carbocycles. The molecule has 2 N–H and O–H groups in total. The number of piperazine rings is 1. The van der Waals surface area contributed by atoms with Crippen LogP contribution in [0.5, 0.6) is 5.75 Å². The van der Waals surface area contributed by atoms with E-state index in [2.05, 4.69) is 35.4 Å². The molecule has 2 aliphatic heterocycles. The third-order valence-corrected chi connectivity index (χ3v) is 8.93. The number of rotatable bonds is 11. The molecule has 2 heterocycles. The second-order valence-electron chi connectivity index (χ2n) is 11.8. The number of hydrogen-bond donors (Lipinski definition) is 2. The van der Waals surface area contributed by atoms with Crippen LogP contribution in [0.25, 0.3) is 10.8 Å². The number of hydrazine groups is 1. The lowest BCUT2D eigenvalue weighted by atomic mass is 9.98. The number of nitrogens with zero attached hydrogens (tertiary/aromatic N) is 4. The average molecular weight is 633 g/mol. The van der Waals surface area contributed by atoms with E-state index in [0.29, 0.717) is 19.5 Å². The highest BCUT2D eigenvalue weighted by Gasteiger charge is 2.52. The number of urea groups is 1. The molecule has 0 aromatic heterocycles. The van der Waals surface area contributed by atoms with Crippen LogP contribution in [0, 0.1) is 0 Å². The Hall–Kier alpha value is -5.35. The summed E-state index contributed by atoms with van der Waals surface area (Å²) in [5.74, 6) is 0.430. The Morgan fingerprint density at radius 3 is 2.43 bits per heavy atom. The zero-order chi connectivity index (χ0) is 32.9. The predicted octanol–water partition coefficient (Wildman–Crippen LogP) is 4.63. The minimum absolute atomic E-state index is 0.0287. The van der Waals surface area contributed by atoms with Gasteiger partial charge in [0.1, 0.15) is 18.0 Å². The largest absolute Gasteiger partial charge is 0.497 e. The molecule has 2 saturated heterocycles. The average Bonchev–Trinajstić information content (AvgIpc) is 3.43. The van der Waals surface area contributed by atoms with Gasteiger partial charge >= 0.3 is 6.03 Å². The number of ether oxygens (including phenoxy) is 1. The minimum atomic E-state index is -0.727. The molecule has 0 spiro atoms. The number of carbonyl (C=O) groups excluding carboxylic acids is 3. The summed E-state index contributed by atoms with van der Waals surface area (Å²) in [6.07, 6.45) is 1.46. The molecule has 1 unspecified atom stereocenters. The first kappa shape index (κ1) is 31.6. The number of benzene rings is 4. The molecule has 2 fully saturated rings. The van der Waals surface area contributed by atoms with Gasteiger partial charge < -0.3 is 25.2 Å². The number of fused-ring (bicyclic) bond motifs is 2. The van der Waals surface area contributed by atoms with Crippen molar-refractivity contribution in [3.8, 4) is 5.75 Å². The topological polar surface area (TPSA) is 97.5 Å². The zero-order valence-corrected chi connectivity index (χ0v) is 26.8. The molecule has 0 bridgehead atoms. The van der Waals surface area contributed by atoms with Gasteiger partial charge in [0.05, 0.1) is 26.7 Å². The van der Waals surface area contributed by atoms with Crippen LogP contribution >= 0.6 is 0 Å². The Morgan fingerprint density at radius 1 is 0.979 bits per heavy atom. The van der Waals surface area contributed by atoms with E-state index in [1.807, 2.05) is 84.7 Å². The van der Waals surface area contributed by atoms with E-state index < -0.39 is 12.2 Å². The Bertz CT molecular complexity index is 1750. The fourth-order valence-electron chi connectivity index (χ4n) is 6.50.